The summed E-state index contributed by atoms with van der Waals surface area (Å²) in [6, 6.07) is 34.2. The van der Waals surface area contributed by atoms with Gasteiger partial charge in [0.15, 0.2) is 5.65 Å². The van der Waals surface area contributed by atoms with E-state index in [4.69, 9.17) is 32.6 Å². The molecule has 3 aromatic heterocycles. The first-order valence-corrected chi connectivity index (χ1v) is 21.0. The highest BCUT2D eigenvalue weighted by molar-refractivity contribution is 5.98. The quantitative estimate of drug-likeness (QED) is 0.0994. The number of para-hydroxylation sites is 2. The monoisotopic (exact) mass is 869 g/mol. The van der Waals surface area contributed by atoms with Gasteiger partial charge >= 0.3 is 0 Å². The average Bonchev–Trinajstić information content (AvgIpc) is 3.91. The number of piperidine rings is 2. The van der Waals surface area contributed by atoms with E-state index in [1.807, 2.05) is 114 Å². The number of hydrogen-bond acceptors (Lipinski definition) is 10. The van der Waals surface area contributed by atoms with Crippen molar-refractivity contribution in [2.45, 2.75) is 45.2 Å². The van der Waals surface area contributed by atoms with Crippen molar-refractivity contribution >= 4 is 40.2 Å². The van der Waals surface area contributed by atoms with Crippen LogP contribution < -0.4 is 20.9 Å². The number of ether oxygens (including phenoxy) is 2. The molecule has 0 bridgehead atoms. The third-order valence-corrected chi connectivity index (χ3v) is 11.2. The zero-order valence-electron chi connectivity index (χ0n) is 35.2. The number of nitrogens with two attached hydrogens (primary N) is 2. The van der Waals surface area contributed by atoms with E-state index in [-0.39, 0.29) is 31.3 Å². The molecule has 15 heteroatoms. The van der Waals surface area contributed by atoms with Gasteiger partial charge in [0.2, 0.25) is 11.8 Å². The number of aromatic nitrogens is 6. The molecule has 0 aliphatic carbocycles. The van der Waals surface area contributed by atoms with Crippen molar-refractivity contribution in [1.82, 2.24) is 39.3 Å². The van der Waals surface area contributed by atoms with E-state index in [0.717, 1.165) is 54.1 Å². The van der Waals surface area contributed by atoms with Gasteiger partial charge in [-0.15, -0.1) is 0 Å². The summed E-state index contributed by atoms with van der Waals surface area (Å²) in [7, 11) is 0. The number of nitrogens with zero attached hydrogens (tertiary/aromatic N) is 9. The third kappa shape index (κ3) is 9.87. The van der Waals surface area contributed by atoms with Crippen molar-refractivity contribution in [3.63, 3.8) is 0 Å². The average molecular weight is 870 g/mol. The lowest BCUT2D eigenvalue weighted by Gasteiger charge is -2.32. The van der Waals surface area contributed by atoms with Crippen LogP contribution in [0.15, 0.2) is 141 Å². The number of hydrogen-bond donors (Lipinski definition) is 2. The topological polar surface area (TPSA) is 177 Å². The predicted octanol–water partition coefficient (Wildman–Crippen LogP) is 9.68. The highest BCUT2D eigenvalue weighted by atomic mass is 16.5. The lowest BCUT2D eigenvalue weighted by molar-refractivity contribution is -0.128. The molecule has 4 aromatic carbocycles. The Morgan fingerprint density at radius 3 is 1.62 bits per heavy atom. The van der Waals surface area contributed by atoms with Gasteiger partial charge in [-0.05, 0) is 104 Å². The largest absolute Gasteiger partial charge is 0.457 e. The summed E-state index contributed by atoms with van der Waals surface area (Å²) >= 11 is 0. The molecule has 2 saturated heterocycles. The van der Waals surface area contributed by atoms with E-state index in [1.54, 1.807) is 14.5 Å². The third-order valence-electron chi connectivity index (χ3n) is 11.2. The molecular weight excluding hydrogens is 819 g/mol. The summed E-state index contributed by atoms with van der Waals surface area (Å²) in [5, 5.41) is 10.3. The van der Waals surface area contributed by atoms with Crippen LogP contribution in [0.2, 0.25) is 0 Å². The molecule has 15 nitrogen and oxygen atoms in total. The summed E-state index contributed by atoms with van der Waals surface area (Å²) < 4.78 is 15.3. The first-order chi connectivity index (χ1) is 31.2. The lowest BCUT2D eigenvalue weighted by atomic mass is 10.1. The Morgan fingerprint density at radius 1 is 0.662 bits per heavy atom. The molecule has 2 fully saturated rings. The van der Waals surface area contributed by atoms with Crippen molar-refractivity contribution in [1.29, 1.82) is 0 Å². The van der Waals surface area contributed by atoms with E-state index < -0.39 is 0 Å². The molecule has 330 valence electrons. The van der Waals surface area contributed by atoms with Gasteiger partial charge in [-0.1, -0.05) is 69.1 Å². The number of carbonyl (C=O) groups excluding carboxylic acids is 2. The first kappa shape index (κ1) is 44.8. The maximum atomic E-state index is 12.2. The minimum absolute atomic E-state index is 0. The fraction of sp³-hybridized carbons (Fsp3) is 0.220. The molecule has 2 aliphatic heterocycles. The Morgan fingerprint density at radius 2 is 1.12 bits per heavy atom. The second kappa shape index (κ2) is 20.3. The molecular formula is C50H51N11O4. The summed E-state index contributed by atoms with van der Waals surface area (Å²) in [4.78, 5) is 40.1. The number of benzene rings is 4. The van der Waals surface area contributed by atoms with Crippen molar-refractivity contribution in [3.8, 4) is 45.5 Å². The number of fused-ring (bicyclic) bond motifs is 1. The lowest BCUT2D eigenvalue weighted by Crippen LogP contribution is -2.40. The van der Waals surface area contributed by atoms with Gasteiger partial charge in [0, 0.05) is 31.7 Å². The molecule has 2 amide bonds. The highest BCUT2D eigenvalue weighted by Crippen LogP contribution is 2.39. The Balaban J connectivity index is 0.000000191. The SMILES string of the molecule is C.C=CC(=O)N1CCC[C@@H](n2nc(-c3ccc(Oc4ccccc4)cc3)c3c(N)ncnc32)C1.[C-]#[N+]c1c(-c2ccc(Oc3ccccc3)cc2)nn([C@@H]2CCCN(C(=O)C=C)C2)c1N. The highest BCUT2D eigenvalue weighted by Gasteiger charge is 2.30. The number of nitrogen functional groups attached to an aromatic ring is 2. The summed E-state index contributed by atoms with van der Waals surface area (Å²) in [6.07, 6.45) is 7.59. The van der Waals surface area contributed by atoms with E-state index in [2.05, 4.69) is 33.1 Å². The number of carbonyl (C=O) groups is 2. The van der Waals surface area contributed by atoms with E-state index in [0.29, 0.717) is 71.7 Å². The van der Waals surface area contributed by atoms with Gasteiger partial charge in [0.25, 0.3) is 5.69 Å². The van der Waals surface area contributed by atoms with Crippen molar-refractivity contribution in [2.75, 3.05) is 37.6 Å². The molecule has 2 atom stereocenters. The van der Waals surface area contributed by atoms with Gasteiger partial charge in [0.1, 0.15) is 52.3 Å². The zero-order valence-corrected chi connectivity index (χ0v) is 35.2. The minimum Gasteiger partial charge on any atom is -0.457 e. The number of anilines is 2. The smallest absolute Gasteiger partial charge is 0.254 e. The van der Waals surface area contributed by atoms with E-state index in [9.17, 15) is 9.59 Å². The van der Waals surface area contributed by atoms with E-state index in [1.165, 1.54) is 18.5 Å². The Kier molecular flexibility index (Phi) is 14.0. The second-order valence-corrected chi connectivity index (χ2v) is 15.3. The van der Waals surface area contributed by atoms with Crippen LogP contribution in [-0.2, 0) is 9.59 Å². The normalized spacial score (nSPS) is 15.7. The predicted molar refractivity (Wildman–Crippen MR) is 253 cm³/mol. The van der Waals surface area contributed by atoms with Crippen LogP contribution in [0.25, 0.3) is 38.4 Å². The molecule has 5 heterocycles. The molecule has 0 spiro atoms. The summed E-state index contributed by atoms with van der Waals surface area (Å²) in [5.41, 5.74) is 16.5. The molecule has 0 saturated carbocycles. The van der Waals surface area contributed by atoms with Gasteiger partial charge < -0.3 is 30.7 Å². The molecule has 7 aromatic rings. The van der Waals surface area contributed by atoms with Gasteiger partial charge in [-0.25, -0.2) is 19.5 Å². The van der Waals surface area contributed by atoms with Crippen LogP contribution in [0.5, 0.6) is 23.0 Å². The van der Waals surface area contributed by atoms with Crippen LogP contribution in [0.4, 0.5) is 17.3 Å². The fourth-order valence-electron chi connectivity index (χ4n) is 8.05. The van der Waals surface area contributed by atoms with Crippen LogP contribution in [0.3, 0.4) is 0 Å². The van der Waals surface area contributed by atoms with Crippen molar-refractivity contribution < 1.29 is 19.1 Å². The Labute approximate surface area is 378 Å². The van der Waals surface area contributed by atoms with Crippen LogP contribution in [0.1, 0.15) is 45.2 Å². The number of rotatable bonds is 10. The fourth-order valence-corrected chi connectivity index (χ4v) is 8.05. The van der Waals surface area contributed by atoms with Gasteiger partial charge in [0.05, 0.1) is 24.0 Å². The molecule has 0 unspecified atom stereocenters. The maximum Gasteiger partial charge on any atom is 0.254 e. The minimum atomic E-state index is -0.102. The van der Waals surface area contributed by atoms with Gasteiger partial charge in [-0.3, -0.25) is 14.3 Å². The second-order valence-electron chi connectivity index (χ2n) is 15.3. The van der Waals surface area contributed by atoms with Crippen molar-refractivity contribution in [2.24, 2.45) is 0 Å². The Bertz CT molecular complexity index is 2820. The van der Waals surface area contributed by atoms with Crippen LogP contribution in [-0.4, -0.2) is 77.3 Å². The number of amides is 2. The number of likely N-dealkylation sites (tertiary alicyclic amines) is 2. The molecule has 0 radical (unpaired) electrons. The summed E-state index contributed by atoms with van der Waals surface area (Å²) in [6.45, 7) is 17.3. The molecule has 9 rings (SSSR count). The molecule has 4 N–H and O–H groups in total. The first-order valence-electron chi connectivity index (χ1n) is 21.0. The molecule has 2 aliphatic rings. The Hall–Kier alpha value is -8.25. The van der Waals surface area contributed by atoms with E-state index >= 15 is 0 Å². The zero-order chi connectivity index (χ0) is 44.6. The standard InChI is InChI=1S/C25H24N6O2.C24H23N5O2.CH4/c1-2-21(32)30-14-6-7-18(15-30)31-25-22(24(26)27-16-28-25)23(29-31)17-10-12-20(13-11-17)33-19-8-4-3-5-9-19;1-3-21(30)28-15-7-8-18(16-28)29-24(25)23(26-2)22(27-29)17-11-13-20(14-12-17)31-19-9-5-4-6-10-19;/h2-5,8-13,16,18H,1,6-7,14-15H2,(H2,26,27,28);3-6,9-14,18H,1,7-8,15-16,25H2;1H4/t2*18-;/m11./s1. The van der Waals surface area contributed by atoms with Crippen LogP contribution in [0, 0.1) is 6.57 Å². The van der Waals surface area contributed by atoms with Crippen LogP contribution >= 0.6 is 0 Å². The maximum absolute atomic E-state index is 12.2. The van der Waals surface area contributed by atoms with Gasteiger partial charge in [-0.2, -0.15) is 10.2 Å². The molecule has 65 heavy (non-hydrogen) atoms. The summed E-state index contributed by atoms with van der Waals surface area (Å²) in [5.74, 6) is 3.47. The van der Waals surface area contributed by atoms with Crippen molar-refractivity contribution in [3.05, 3.63) is 152 Å².